The molecule has 196 valence electrons. The van der Waals surface area contributed by atoms with Crippen LogP contribution in [0.3, 0.4) is 0 Å². The highest BCUT2D eigenvalue weighted by molar-refractivity contribution is 7.18. The molecule has 0 spiro atoms. The molecular formula is C24H35ClN6O3SSi. The lowest BCUT2D eigenvalue weighted by atomic mass is 10.2. The summed E-state index contributed by atoms with van der Waals surface area (Å²) in [6.07, 6.45) is 3.10. The summed E-state index contributed by atoms with van der Waals surface area (Å²) in [7, 11) is -1.19. The molecule has 0 aromatic carbocycles. The zero-order valence-corrected chi connectivity index (χ0v) is 24.4. The second-order valence-corrected chi connectivity index (χ2v) is 18.2. The molecule has 3 aromatic heterocycles. The molecular weight excluding hydrogens is 516 g/mol. The molecule has 1 aliphatic rings. The van der Waals surface area contributed by atoms with Gasteiger partial charge in [-0.3, -0.25) is 0 Å². The van der Waals surface area contributed by atoms with Gasteiger partial charge in [0.15, 0.2) is 5.13 Å². The third-order valence-corrected chi connectivity index (χ3v) is 8.89. The maximum absolute atomic E-state index is 12.4. The summed E-state index contributed by atoms with van der Waals surface area (Å²) in [6.45, 7) is 16.4. The van der Waals surface area contributed by atoms with E-state index in [0.29, 0.717) is 44.7 Å². The van der Waals surface area contributed by atoms with Crippen molar-refractivity contribution in [3.63, 3.8) is 0 Å². The van der Waals surface area contributed by atoms with E-state index in [2.05, 4.69) is 34.5 Å². The molecule has 0 saturated carbocycles. The zero-order chi connectivity index (χ0) is 26.1. The number of nitrogens with zero attached hydrogens (tertiary/aromatic N) is 6. The fraction of sp³-hybridized carbons (Fsp3) is 0.583. The number of rotatable bonds is 7. The first-order chi connectivity index (χ1) is 16.9. The van der Waals surface area contributed by atoms with Crippen molar-refractivity contribution in [2.45, 2.75) is 58.8 Å². The van der Waals surface area contributed by atoms with Crippen molar-refractivity contribution in [3.8, 4) is 10.6 Å². The molecule has 0 bridgehead atoms. The topological polar surface area (TPSA) is 85.6 Å². The Morgan fingerprint density at radius 2 is 1.86 bits per heavy atom. The average molecular weight is 551 g/mol. The molecule has 1 saturated heterocycles. The van der Waals surface area contributed by atoms with Gasteiger partial charge in [-0.1, -0.05) is 42.6 Å². The number of fused-ring (bicyclic) bond motifs is 1. The van der Waals surface area contributed by atoms with E-state index < -0.39 is 13.7 Å². The molecule has 9 nitrogen and oxygen atoms in total. The van der Waals surface area contributed by atoms with E-state index in [4.69, 9.17) is 26.1 Å². The minimum absolute atomic E-state index is 0.265. The van der Waals surface area contributed by atoms with E-state index in [1.54, 1.807) is 16.2 Å². The molecule has 0 N–H and O–H groups in total. The van der Waals surface area contributed by atoms with E-state index in [0.717, 1.165) is 32.8 Å². The smallest absolute Gasteiger partial charge is 0.410 e. The number of ether oxygens (including phenoxy) is 2. The Morgan fingerprint density at radius 1 is 1.14 bits per heavy atom. The summed E-state index contributed by atoms with van der Waals surface area (Å²) < 4.78 is 13.6. The standard InChI is InChI=1S/C24H35ClN6O3SSi/c1-24(2,3)34-23(32)30-9-7-29(8-10-30)22-26-14-19(35-22)18-13-17-20(25)27-15-28-21(17)31(18)16-33-11-12-36(4,5)6/h13-15H,7-12,16H2,1-6H3. The molecule has 4 heterocycles. The van der Waals surface area contributed by atoms with Crippen LogP contribution in [-0.2, 0) is 16.2 Å². The molecule has 1 aliphatic heterocycles. The molecule has 4 rings (SSSR count). The van der Waals surface area contributed by atoms with Crippen LogP contribution in [0.15, 0.2) is 18.6 Å². The Kier molecular flexibility index (Phi) is 7.94. The maximum atomic E-state index is 12.4. The highest BCUT2D eigenvalue weighted by Gasteiger charge is 2.27. The minimum atomic E-state index is -1.19. The predicted octanol–water partition coefficient (Wildman–Crippen LogP) is 5.58. The second kappa shape index (κ2) is 10.6. The van der Waals surface area contributed by atoms with Crippen LogP contribution in [0.4, 0.5) is 9.93 Å². The number of halogens is 1. The number of aromatic nitrogens is 4. The molecule has 1 amide bonds. The van der Waals surface area contributed by atoms with Crippen molar-refractivity contribution >= 4 is 53.3 Å². The van der Waals surface area contributed by atoms with Gasteiger partial charge in [0, 0.05) is 47.1 Å². The number of carbonyl (C=O) groups excluding carboxylic acids is 1. The minimum Gasteiger partial charge on any atom is -0.444 e. The SMILES string of the molecule is CC(C)(C)OC(=O)N1CCN(c2ncc(-c3cc4c(Cl)ncnc4n3COCC[Si](C)(C)C)s2)CC1. The van der Waals surface area contributed by atoms with E-state index in [1.165, 1.54) is 6.33 Å². The first-order valence-corrected chi connectivity index (χ1v) is 17.1. The zero-order valence-electron chi connectivity index (χ0n) is 21.9. The van der Waals surface area contributed by atoms with Gasteiger partial charge in [0.25, 0.3) is 0 Å². The van der Waals surface area contributed by atoms with Crippen LogP contribution in [0.2, 0.25) is 30.8 Å². The van der Waals surface area contributed by atoms with Crippen LogP contribution in [0.25, 0.3) is 21.6 Å². The lowest BCUT2D eigenvalue weighted by Gasteiger charge is -2.35. The third-order valence-electron chi connectivity index (χ3n) is 5.81. The molecule has 0 unspecified atom stereocenters. The number of thiazole rings is 1. The Morgan fingerprint density at radius 3 is 2.53 bits per heavy atom. The molecule has 3 aromatic rings. The molecule has 36 heavy (non-hydrogen) atoms. The van der Waals surface area contributed by atoms with Gasteiger partial charge in [-0.15, -0.1) is 0 Å². The monoisotopic (exact) mass is 550 g/mol. The maximum Gasteiger partial charge on any atom is 0.410 e. The van der Waals surface area contributed by atoms with Crippen molar-refractivity contribution in [2.75, 3.05) is 37.7 Å². The van der Waals surface area contributed by atoms with Gasteiger partial charge < -0.3 is 23.8 Å². The molecule has 0 atom stereocenters. The number of amides is 1. The van der Waals surface area contributed by atoms with Crippen LogP contribution in [0, 0.1) is 0 Å². The van der Waals surface area contributed by atoms with Crippen LogP contribution in [-0.4, -0.2) is 77.0 Å². The van der Waals surface area contributed by atoms with E-state index >= 15 is 0 Å². The normalized spacial score (nSPS) is 15.1. The van der Waals surface area contributed by atoms with Crippen LogP contribution >= 0.6 is 22.9 Å². The summed E-state index contributed by atoms with van der Waals surface area (Å²) >= 11 is 8.00. The van der Waals surface area contributed by atoms with E-state index in [-0.39, 0.29) is 6.09 Å². The Hall–Kier alpha value is -2.21. The van der Waals surface area contributed by atoms with Crippen molar-refractivity contribution in [1.82, 2.24) is 24.4 Å². The van der Waals surface area contributed by atoms with Crippen molar-refractivity contribution < 1.29 is 14.3 Å². The summed E-state index contributed by atoms with van der Waals surface area (Å²) in [5.41, 5.74) is 1.21. The fourth-order valence-electron chi connectivity index (χ4n) is 3.84. The predicted molar refractivity (Wildman–Crippen MR) is 148 cm³/mol. The van der Waals surface area contributed by atoms with Crippen LogP contribution in [0.1, 0.15) is 20.8 Å². The Balaban J connectivity index is 1.49. The van der Waals surface area contributed by atoms with E-state index in [1.807, 2.05) is 37.6 Å². The largest absolute Gasteiger partial charge is 0.444 e. The fourth-order valence-corrected chi connectivity index (χ4v) is 5.77. The number of carbonyl (C=O) groups is 1. The van der Waals surface area contributed by atoms with Gasteiger partial charge in [-0.25, -0.2) is 19.7 Å². The van der Waals surface area contributed by atoms with E-state index in [9.17, 15) is 4.79 Å². The van der Waals surface area contributed by atoms with Gasteiger partial charge >= 0.3 is 6.09 Å². The van der Waals surface area contributed by atoms with Crippen LogP contribution in [0.5, 0.6) is 0 Å². The lowest BCUT2D eigenvalue weighted by Crippen LogP contribution is -2.50. The highest BCUT2D eigenvalue weighted by Crippen LogP contribution is 2.36. The van der Waals surface area contributed by atoms with Crippen molar-refractivity contribution in [2.24, 2.45) is 0 Å². The third kappa shape index (κ3) is 6.56. The molecule has 12 heteroatoms. The second-order valence-electron chi connectivity index (χ2n) is 11.2. The first kappa shape index (κ1) is 26.8. The first-order valence-electron chi connectivity index (χ1n) is 12.2. The highest BCUT2D eigenvalue weighted by atomic mass is 35.5. The van der Waals surface area contributed by atoms with Crippen LogP contribution < -0.4 is 4.90 Å². The summed E-state index contributed by atoms with van der Waals surface area (Å²) in [4.78, 5) is 30.7. The number of anilines is 1. The Bertz CT molecular complexity index is 1210. The number of hydrogen-bond acceptors (Lipinski definition) is 8. The van der Waals surface area contributed by atoms with Gasteiger partial charge in [0.1, 0.15) is 29.5 Å². The quantitative estimate of drug-likeness (QED) is 0.216. The van der Waals surface area contributed by atoms with Gasteiger partial charge in [-0.05, 0) is 32.9 Å². The van der Waals surface area contributed by atoms with Crippen molar-refractivity contribution in [3.05, 3.63) is 23.7 Å². The summed E-state index contributed by atoms with van der Waals surface area (Å²) in [5.74, 6) is 0. The summed E-state index contributed by atoms with van der Waals surface area (Å²) in [5, 5.41) is 2.14. The van der Waals surface area contributed by atoms with Gasteiger partial charge in [0.2, 0.25) is 0 Å². The summed E-state index contributed by atoms with van der Waals surface area (Å²) in [6, 6.07) is 3.11. The van der Waals surface area contributed by atoms with Crippen molar-refractivity contribution in [1.29, 1.82) is 0 Å². The molecule has 1 fully saturated rings. The average Bonchev–Trinajstić information content (AvgIpc) is 3.41. The Labute approximate surface area is 222 Å². The number of hydrogen-bond donors (Lipinski definition) is 0. The lowest BCUT2D eigenvalue weighted by molar-refractivity contribution is 0.0240. The van der Waals surface area contributed by atoms with Gasteiger partial charge in [0.05, 0.1) is 16.0 Å². The van der Waals surface area contributed by atoms with Gasteiger partial charge in [-0.2, -0.15) is 0 Å². The number of piperazine rings is 1. The molecule has 0 aliphatic carbocycles. The molecule has 0 radical (unpaired) electrons.